The number of carbonyl (C=O) groups is 2. The number of nitrogens with zero attached hydrogens (tertiary/aromatic N) is 3. The van der Waals surface area contributed by atoms with Crippen molar-refractivity contribution in [3.8, 4) is 0 Å². The lowest BCUT2D eigenvalue weighted by Crippen LogP contribution is -2.57. The van der Waals surface area contributed by atoms with E-state index in [1.54, 1.807) is 17.0 Å². The lowest BCUT2D eigenvalue weighted by Gasteiger charge is -2.43. The van der Waals surface area contributed by atoms with Gasteiger partial charge in [0.15, 0.2) is 0 Å². The number of benzene rings is 1. The summed E-state index contributed by atoms with van der Waals surface area (Å²) in [6.45, 7) is 2.54. The molecule has 1 saturated heterocycles. The second-order valence-corrected chi connectivity index (χ2v) is 12.3. The van der Waals surface area contributed by atoms with Gasteiger partial charge in [0.2, 0.25) is 5.91 Å². The fourth-order valence-electron chi connectivity index (χ4n) is 6.34. The van der Waals surface area contributed by atoms with E-state index < -0.39 is 6.04 Å². The van der Waals surface area contributed by atoms with Gasteiger partial charge in [0.05, 0.1) is 9.80 Å². The zero-order valence-corrected chi connectivity index (χ0v) is 23.2. The zero-order chi connectivity index (χ0) is 27.4. The molecule has 2 aliphatic carbocycles. The third-order valence-corrected chi connectivity index (χ3v) is 9.52. The van der Waals surface area contributed by atoms with Crippen LogP contribution in [0.25, 0.3) is 0 Å². The molecular weight excluding hydrogens is 514 g/mol. The van der Waals surface area contributed by atoms with E-state index in [0.717, 1.165) is 44.1 Å². The minimum absolute atomic E-state index is 0.0643. The molecule has 2 saturated carbocycles. The number of carbonyl (C=O) groups excluding carboxylic acids is 2. The standard InChI is InChI=1S/C29H39N5O4S/c30-17-21-3-1-4-22(15-21)18-31-28(35)26-16-25(12-13-32(26)29(36)27-5-2-14-39-27)33(23-10-11-23)19-20-6-8-24(9-7-20)34(37)38/h2,5-9,14,21-23,25-26H,1,3-4,10-13,15-19,30H2,(H,31,35)/t21?,22?,25?,26-/m1/s1. The molecule has 5 rings (SSSR count). The van der Waals surface area contributed by atoms with E-state index in [0.29, 0.717) is 55.4 Å². The highest BCUT2D eigenvalue weighted by Crippen LogP contribution is 2.35. The molecule has 3 N–H and O–H groups in total. The van der Waals surface area contributed by atoms with E-state index in [2.05, 4.69) is 10.2 Å². The van der Waals surface area contributed by atoms with Crippen LogP contribution in [0.15, 0.2) is 41.8 Å². The third-order valence-electron chi connectivity index (χ3n) is 8.66. The monoisotopic (exact) mass is 553 g/mol. The molecule has 3 fully saturated rings. The van der Waals surface area contributed by atoms with Gasteiger partial charge >= 0.3 is 0 Å². The van der Waals surface area contributed by atoms with Crippen molar-refractivity contribution in [1.29, 1.82) is 0 Å². The Morgan fingerprint density at radius 1 is 1.05 bits per heavy atom. The minimum Gasteiger partial charge on any atom is -0.354 e. The van der Waals surface area contributed by atoms with Crippen LogP contribution in [-0.2, 0) is 11.3 Å². The topological polar surface area (TPSA) is 122 Å². The molecule has 0 bridgehead atoms. The molecule has 1 aromatic carbocycles. The molecule has 2 heterocycles. The number of nitro groups is 1. The first-order valence-electron chi connectivity index (χ1n) is 14.2. The average Bonchev–Trinajstić information content (AvgIpc) is 3.66. The predicted octanol–water partition coefficient (Wildman–Crippen LogP) is 4.18. The van der Waals surface area contributed by atoms with E-state index in [1.165, 1.54) is 17.8 Å². The van der Waals surface area contributed by atoms with Crippen molar-refractivity contribution in [2.75, 3.05) is 19.6 Å². The minimum atomic E-state index is -0.523. The molecule has 39 heavy (non-hydrogen) atoms. The second kappa shape index (κ2) is 12.6. The first-order chi connectivity index (χ1) is 18.9. The van der Waals surface area contributed by atoms with Gasteiger partial charge in [-0.3, -0.25) is 24.6 Å². The molecule has 0 radical (unpaired) electrons. The van der Waals surface area contributed by atoms with E-state index in [4.69, 9.17) is 5.73 Å². The normalized spacial score (nSPS) is 25.4. The number of thiophene rings is 1. The molecule has 3 unspecified atom stereocenters. The Morgan fingerprint density at radius 2 is 1.82 bits per heavy atom. The molecule has 2 amide bonds. The Hall–Kier alpha value is -2.82. The Balaban J connectivity index is 1.29. The third kappa shape index (κ3) is 6.85. The number of nitrogens with one attached hydrogen (secondary N) is 1. The van der Waals surface area contributed by atoms with Crippen LogP contribution in [0.4, 0.5) is 5.69 Å². The predicted molar refractivity (Wildman–Crippen MR) is 151 cm³/mol. The summed E-state index contributed by atoms with van der Waals surface area (Å²) in [5, 5.41) is 16.2. The highest BCUT2D eigenvalue weighted by atomic mass is 32.1. The summed E-state index contributed by atoms with van der Waals surface area (Å²) in [7, 11) is 0. The van der Waals surface area contributed by atoms with Crippen LogP contribution in [-0.4, -0.2) is 64.3 Å². The van der Waals surface area contributed by atoms with Gasteiger partial charge in [-0.1, -0.05) is 24.6 Å². The number of nitrogens with two attached hydrogens (primary N) is 1. The summed E-state index contributed by atoms with van der Waals surface area (Å²) in [5.41, 5.74) is 7.03. The summed E-state index contributed by atoms with van der Waals surface area (Å²) < 4.78 is 0. The van der Waals surface area contributed by atoms with Crippen LogP contribution in [0, 0.1) is 22.0 Å². The summed E-state index contributed by atoms with van der Waals surface area (Å²) in [6, 6.07) is 10.5. The lowest BCUT2D eigenvalue weighted by molar-refractivity contribution is -0.384. The SMILES string of the molecule is NCC1CCCC(CNC(=O)[C@H]2CC(N(Cc3ccc([N+](=O)[O-])cc3)C3CC3)CCN2C(=O)c2cccs2)C1. The van der Waals surface area contributed by atoms with Crippen LogP contribution in [0.1, 0.15) is 66.6 Å². The number of hydrogen-bond donors (Lipinski definition) is 2. The van der Waals surface area contributed by atoms with E-state index in [9.17, 15) is 19.7 Å². The van der Waals surface area contributed by atoms with Crippen molar-refractivity contribution < 1.29 is 14.5 Å². The average molecular weight is 554 g/mol. The maximum absolute atomic E-state index is 13.7. The van der Waals surface area contributed by atoms with Gasteiger partial charge in [0, 0.05) is 43.9 Å². The number of nitro benzene ring substituents is 1. The number of rotatable bonds is 10. The maximum atomic E-state index is 13.7. The summed E-state index contributed by atoms with van der Waals surface area (Å²) >= 11 is 1.41. The molecule has 210 valence electrons. The number of likely N-dealkylation sites (tertiary alicyclic amines) is 1. The van der Waals surface area contributed by atoms with Crippen molar-refractivity contribution in [3.63, 3.8) is 0 Å². The van der Waals surface area contributed by atoms with E-state index in [-0.39, 0.29) is 28.5 Å². The lowest BCUT2D eigenvalue weighted by atomic mass is 9.81. The summed E-state index contributed by atoms with van der Waals surface area (Å²) in [4.78, 5) is 42.7. The van der Waals surface area contributed by atoms with Crippen LogP contribution in [0.2, 0.25) is 0 Å². The van der Waals surface area contributed by atoms with Gasteiger partial charge < -0.3 is 16.0 Å². The molecule has 3 aliphatic rings. The largest absolute Gasteiger partial charge is 0.354 e. The van der Waals surface area contributed by atoms with Gasteiger partial charge in [0.1, 0.15) is 6.04 Å². The van der Waals surface area contributed by atoms with Gasteiger partial charge in [-0.2, -0.15) is 0 Å². The summed E-state index contributed by atoms with van der Waals surface area (Å²) in [5.74, 6) is 0.827. The van der Waals surface area contributed by atoms with Gasteiger partial charge in [-0.25, -0.2) is 0 Å². The maximum Gasteiger partial charge on any atom is 0.269 e. The highest BCUT2D eigenvalue weighted by molar-refractivity contribution is 7.12. The molecule has 1 aromatic heterocycles. The van der Waals surface area contributed by atoms with E-state index >= 15 is 0 Å². The van der Waals surface area contributed by atoms with Crippen molar-refractivity contribution in [2.24, 2.45) is 17.6 Å². The molecule has 0 spiro atoms. The first kappa shape index (κ1) is 27.7. The molecule has 10 heteroatoms. The molecular formula is C29H39N5O4S. The number of non-ortho nitro benzene ring substituents is 1. The molecule has 4 atom stereocenters. The number of piperidine rings is 1. The van der Waals surface area contributed by atoms with Crippen LogP contribution < -0.4 is 11.1 Å². The Labute approximate surface area is 233 Å². The summed E-state index contributed by atoms with van der Waals surface area (Å²) in [6.07, 6.45) is 8.08. The quantitative estimate of drug-likeness (QED) is 0.336. The first-order valence-corrected chi connectivity index (χ1v) is 15.1. The van der Waals surface area contributed by atoms with Crippen LogP contribution in [0.5, 0.6) is 0 Å². The fourth-order valence-corrected chi connectivity index (χ4v) is 7.02. The zero-order valence-electron chi connectivity index (χ0n) is 22.4. The second-order valence-electron chi connectivity index (χ2n) is 11.4. The van der Waals surface area contributed by atoms with E-state index in [1.807, 2.05) is 29.6 Å². The van der Waals surface area contributed by atoms with Gasteiger partial charge in [-0.05, 0) is 80.3 Å². The molecule has 2 aromatic rings. The molecule has 1 aliphatic heterocycles. The van der Waals surface area contributed by atoms with Gasteiger partial charge in [0.25, 0.3) is 11.6 Å². The smallest absolute Gasteiger partial charge is 0.269 e. The van der Waals surface area contributed by atoms with Crippen LogP contribution >= 0.6 is 11.3 Å². The van der Waals surface area contributed by atoms with Crippen molar-refractivity contribution in [3.05, 3.63) is 62.3 Å². The Kier molecular flexibility index (Phi) is 8.94. The van der Waals surface area contributed by atoms with Crippen molar-refractivity contribution >= 4 is 28.8 Å². The molecule has 9 nitrogen and oxygen atoms in total. The van der Waals surface area contributed by atoms with Crippen molar-refractivity contribution in [1.82, 2.24) is 15.1 Å². The fraction of sp³-hybridized carbons (Fsp3) is 0.586. The Morgan fingerprint density at radius 3 is 2.49 bits per heavy atom. The highest BCUT2D eigenvalue weighted by Gasteiger charge is 2.42. The van der Waals surface area contributed by atoms with Crippen molar-refractivity contribution in [2.45, 2.75) is 76.0 Å². The number of amides is 2. The Bertz CT molecular complexity index is 1140. The van der Waals surface area contributed by atoms with Gasteiger partial charge in [-0.15, -0.1) is 11.3 Å². The van der Waals surface area contributed by atoms with Crippen LogP contribution in [0.3, 0.4) is 0 Å². The number of hydrogen-bond acceptors (Lipinski definition) is 7.